The van der Waals surface area contributed by atoms with Gasteiger partial charge in [-0.3, -0.25) is 4.79 Å². The van der Waals surface area contributed by atoms with Gasteiger partial charge in [-0.1, -0.05) is 47.3 Å². The molecule has 0 bridgehead atoms. The summed E-state index contributed by atoms with van der Waals surface area (Å²) < 4.78 is 13.0. The third-order valence-corrected chi connectivity index (χ3v) is 5.44. The lowest BCUT2D eigenvalue weighted by atomic mass is 10.1. The monoisotopic (exact) mass is 425 g/mol. The molecule has 10 nitrogen and oxygen atoms in total. The van der Waals surface area contributed by atoms with Gasteiger partial charge in [0.2, 0.25) is 11.8 Å². The zero-order valence-corrected chi connectivity index (χ0v) is 17.2. The zero-order valence-electron chi connectivity index (χ0n) is 16.4. The summed E-state index contributed by atoms with van der Waals surface area (Å²) in [5, 5.41) is 21.4. The van der Waals surface area contributed by atoms with E-state index in [2.05, 4.69) is 25.6 Å². The first kappa shape index (κ1) is 19.8. The van der Waals surface area contributed by atoms with Gasteiger partial charge in [0.15, 0.2) is 5.16 Å². The second-order valence-electron chi connectivity index (χ2n) is 6.54. The number of primary amides is 1. The van der Waals surface area contributed by atoms with Crippen LogP contribution in [-0.4, -0.2) is 36.0 Å². The molecule has 0 spiro atoms. The lowest BCUT2D eigenvalue weighted by Gasteiger charge is -2.01. The lowest BCUT2D eigenvalue weighted by molar-refractivity contribution is -0.118. The van der Waals surface area contributed by atoms with Crippen LogP contribution in [0, 0.1) is 6.92 Å². The van der Waals surface area contributed by atoms with Crippen molar-refractivity contribution in [2.45, 2.75) is 30.7 Å². The Morgan fingerprint density at radius 3 is 2.73 bits per heavy atom. The largest absolute Gasteiger partial charge is 0.420 e. The fourth-order valence-corrected chi connectivity index (χ4v) is 3.65. The van der Waals surface area contributed by atoms with Crippen LogP contribution in [0.2, 0.25) is 0 Å². The average molecular weight is 425 g/mol. The number of aromatic nitrogens is 6. The molecule has 0 saturated heterocycles. The molecule has 1 aromatic carbocycles. The highest BCUT2D eigenvalue weighted by molar-refractivity contribution is 7.98. The Labute approximate surface area is 175 Å². The normalized spacial score (nSPS) is 11.1. The van der Waals surface area contributed by atoms with Gasteiger partial charge >= 0.3 is 0 Å². The van der Waals surface area contributed by atoms with Gasteiger partial charge in [0.1, 0.15) is 22.8 Å². The van der Waals surface area contributed by atoms with Crippen LogP contribution in [0.15, 0.2) is 44.4 Å². The van der Waals surface area contributed by atoms with E-state index in [9.17, 15) is 4.79 Å². The highest BCUT2D eigenvalue weighted by Crippen LogP contribution is 2.34. The molecule has 0 saturated carbocycles. The first-order valence-electron chi connectivity index (χ1n) is 9.16. The predicted molar refractivity (Wildman–Crippen MR) is 108 cm³/mol. The number of hydrogen-bond donors (Lipinski definition) is 1. The fourth-order valence-electron chi connectivity index (χ4n) is 2.88. The summed E-state index contributed by atoms with van der Waals surface area (Å²) in [6.07, 6.45) is 0.671. The van der Waals surface area contributed by atoms with Crippen LogP contribution in [0.1, 0.15) is 23.9 Å². The highest BCUT2D eigenvalue weighted by atomic mass is 32.2. The predicted octanol–water partition coefficient (Wildman–Crippen LogP) is 2.54. The van der Waals surface area contributed by atoms with Crippen molar-refractivity contribution in [3.8, 4) is 22.7 Å². The van der Waals surface area contributed by atoms with Gasteiger partial charge in [-0.15, -0.1) is 20.4 Å². The van der Waals surface area contributed by atoms with Crippen molar-refractivity contribution in [3.05, 3.63) is 47.8 Å². The van der Waals surface area contributed by atoms with Gasteiger partial charge in [0, 0.05) is 25.5 Å². The Kier molecular flexibility index (Phi) is 5.61. The van der Waals surface area contributed by atoms with E-state index in [-0.39, 0.29) is 12.3 Å². The molecular weight excluding hydrogens is 406 g/mol. The fraction of sp³-hybridized carbons (Fsp3) is 0.263. The van der Waals surface area contributed by atoms with Gasteiger partial charge in [0.25, 0.3) is 5.89 Å². The maximum absolute atomic E-state index is 11.0. The summed E-state index contributed by atoms with van der Waals surface area (Å²) in [5.41, 5.74) is 7.43. The number of amides is 1. The summed E-state index contributed by atoms with van der Waals surface area (Å²) >= 11 is 1.41. The molecule has 0 atom stereocenters. The van der Waals surface area contributed by atoms with Gasteiger partial charge in [0.05, 0.1) is 5.75 Å². The first-order chi connectivity index (χ1) is 14.5. The number of aryl methyl sites for hydroxylation is 2. The third-order valence-electron chi connectivity index (χ3n) is 4.44. The van der Waals surface area contributed by atoms with Crippen molar-refractivity contribution in [2.75, 3.05) is 0 Å². The molecule has 0 fully saturated rings. The summed E-state index contributed by atoms with van der Waals surface area (Å²) in [4.78, 5) is 11.0. The Morgan fingerprint density at radius 1 is 1.17 bits per heavy atom. The Bertz CT molecular complexity index is 1170. The van der Waals surface area contributed by atoms with E-state index in [0.29, 0.717) is 52.0 Å². The number of hydrogen-bond acceptors (Lipinski definition) is 9. The van der Waals surface area contributed by atoms with E-state index < -0.39 is 0 Å². The molecule has 0 aliphatic heterocycles. The first-order valence-corrected chi connectivity index (χ1v) is 10.1. The number of benzene rings is 1. The molecule has 3 heterocycles. The Hall–Kier alpha value is -3.47. The molecule has 0 unspecified atom stereocenters. The SMILES string of the molecule is Cc1onc(-c2ccccc2)c1-c1nnc(CSc2nnc(CCC(N)=O)n2C)o1. The molecule has 154 valence electrons. The molecule has 30 heavy (non-hydrogen) atoms. The van der Waals surface area contributed by atoms with E-state index in [1.54, 1.807) is 6.92 Å². The van der Waals surface area contributed by atoms with Crippen LogP contribution < -0.4 is 5.73 Å². The van der Waals surface area contributed by atoms with Gasteiger partial charge in [-0.25, -0.2) is 0 Å². The molecule has 4 aromatic rings. The van der Waals surface area contributed by atoms with Crippen molar-refractivity contribution in [3.63, 3.8) is 0 Å². The molecule has 0 radical (unpaired) electrons. The van der Waals surface area contributed by atoms with Crippen LogP contribution in [0.4, 0.5) is 0 Å². The quantitative estimate of drug-likeness (QED) is 0.422. The number of nitrogens with two attached hydrogens (primary N) is 1. The van der Waals surface area contributed by atoms with Gasteiger partial charge < -0.3 is 19.2 Å². The van der Waals surface area contributed by atoms with E-state index in [1.165, 1.54) is 11.8 Å². The molecule has 11 heteroatoms. The summed E-state index contributed by atoms with van der Waals surface area (Å²) in [6.45, 7) is 1.81. The topological polar surface area (TPSA) is 139 Å². The zero-order chi connectivity index (χ0) is 21.1. The molecule has 1 amide bonds. The number of nitrogens with zero attached hydrogens (tertiary/aromatic N) is 6. The molecule has 4 rings (SSSR count). The minimum absolute atomic E-state index is 0.228. The van der Waals surface area contributed by atoms with Crippen LogP contribution >= 0.6 is 11.8 Å². The Morgan fingerprint density at radius 2 is 1.97 bits per heavy atom. The van der Waals surface area contributed by atoms with Crippen LogP contribution in [0.5, 0.6) is 0 Å². The van der Waals surface area contributed by atoms with Gasteiger partial charge in [-0.2, -0.15) is 0 Å². The summed E-state index contributed by atoms with van der Waals surface area (Å²) in [6, 6.07) is 9.68. The van der Waals surface area contributed by atoms with Crippen molar-refractivity contribution < 1.29 is 13.7 Å². The van der Waals surface area contributed by atoms with Crippen molar-refractivity contribution in [1.82, 2.24) is 30.1 Å². The van der Waals surface area contributed by atoms with Crippen molar-refractivity contribution in [2.24, 2.45) is 12.8 Å². The summed E-state index contributed by atoms with van der Waals surface area (Å²) in [7, 11) is 1.84. The maximum Gasteiger partial charge on any atom is 0.253 e. The number of carbonyl (C=O) groups excluding carboxylic acids is 1. The Balaban J connectivity index is 1.49. The second kappa shape index (κ2) is 8.49. The van der Waals surface area contributed by atoms with Crippen molar-refractivity contribution >= 4 is 17.7 Å². The molecule has 3 aromatic heterocycles. The molecular formula is C19H19N7O3S. The highest BCUT2D eigenvalue weighted by Gasteiger charge is 2.22. The van der Waals surface area contributed by atoms with E-state index in [4.69, 9.17) is 14.7 Å². The standard InChI is InChI=1S/C19H19N7O3S/c1-11-16(17(25-29-11)12-6-4-3-5-7-12)18-23-22-15(28-18)10-30-19-24-21-14(26(19)2)9-8-13(20)27/h3-7H,8-10H2,1-2H3,(H2,20,27). The van der Waals surface area contributed by atoms with E-state index in [0.717, 1.165) is 5.56 Å². The molecule has 2 N–H and O–H groups in total. The third kappa shape index (κ3) is 4.10. The smallest absolute Gasteiger partial charge is 0.253 e. The minimum atomic E-state index is -0.371. The molecule has 0 aliphatic carbocycles. The van der Waals surface area contributed by atoms with E-state index in [1.807, 2.05) is 41.9 Å². The van der Waals surface area contributed by atoms with Crippen LogP contribution in [0.3, 0.4) is 0 Å². The lowest BCUT2D eigenvalue weighted by Crippen LogP contribution is -2.12. The van der Waals surface area contributed by atoms with E-state index >= 15 is 0 Å². The van der Waals surface area contributed by atoms with Crippen LogP contribution in [0.25, 0.3) is 22.7 Å². The minimum Gasteiger partial charge on any atom is -0.420 e. The summed E-state index contributed by atoms with van der Waals surface area (Å²) in [5.74, 6) is 2.13. The average Bonchev–Trinajstić information content (AvgIpc) is 3.44. The second-order valence-corrected chi connectivity index (χ2v) is 7.48. The number of carbonyl (C=O) groups is 1. The number of thioether (sulfide) groups is 1. The van der Waals surface area contributed by atoms with Gasteiger partial charge in [-0.05, 0) is 6.92 Å². The van der Waals surface area contributed by atoms with Crippen LogP contribution in [-0.2, 0) is 24.0 Å². The molecule has 0 aliphatic rings. The van der Waals surface area contributed by atoms with Crippen molar-refractivity contribution in [1.29, 1.82) is 0 Å². The number of rotatable bonds is 8. The maximum atomic E-state index is 11.0.